The van der Waals surface area contributed by atoms with Crippen LogP contribution in [0, 0.1) is 0 Å². The van der Waals surface area contributed by atoms with Gasteiger partial charge in [0.25, 0.3) is 0 Å². The van der Waals surface area contributed by atoms with E-state index in [9.17, 15) is 15.0 Å². The third-order valence-electron chi connectivity index (χ3n) is 3.65. The number of aliphatic hydroxyl groups excluding tert-OH is 1. The predicted molar refractivity (Wildman–Crippen MR) is 109 cm³/mol. The van der Waals surface area contributed by atoms with Crippen LogP contribution in [0.1, 0.15) is 58.3 Å². The number of allylic oxidation sites excluding steroid dienone is 7. The van der Waals surface area contributed by atoms with Crippen molar-refractivity contribution in [2.75, 3.05) is 0 Å². The van der Waals surface area contributed by atoms with Gasteiger partial charge >= 0.3 is 5.97 Å². The van der Waals surface area contributed by atoms with Crippen molar-refractivity contribution >= 4 is 5.97 Å². The normalized spacial score (nSPS) is 14.5. The molecule has 0 radical (unpaired) electrons. The van der Waals surface area contributed by atoms with E-state index in [-0.39, 0.29) is 19.3 Å². The van der Waals surface area contributed by atoms with E-state index in [0.717, 1.165) is 19.3 Å². The molecule has 0 aliphatic carbocycles. The number of aliphatic hydroxyl groups is 3. The molecular weight excluding hydrogens is 344 g/mol. The van der Waals surface area contributed by atoms with E-state index < -0.39 is 17.9 Å². The molecular formula is C22H34O5. The van der Waals surface area contributed by atoms with Crippen LogP contribution in [-0.4, -0.2) is 38.3 Å². The van der Waals surface area contributed by atoms with Crippen LogP contribution < -0.4 is 0 Å². The minimum atomic E-state index is -1.75. The first-order chi connectivity index (χ1) is 12.9. The van der Waals surface area contributed by atoms with E-state index in [1.807, 2.05) is 12.2 Å². The molecule has 0 aliphatic heterocycles. The van der Waals surface area contributed by atoms with Gasteiger partial charge in [-0.05, 0) is 32.1 Å². The molecule has 0 aromatic carbocycles. The number of unbranched alkanes of at least 4 members (excludes halogenated alkanes) is 1. The van der Waals surface area contributed by atoms with Crippen LogP contribution >= 0.6 is 0 Å². The Kier molecular flexibility index (Phi) is 15.1. The number of aliphatic carboxylic acids is 1. The molecule has 0 spiro atoms. The van der Waals surface area contributed by atoms with E-state index in [1.54, 1.807) is 24.3 Å². The van der Waals surface area contributed by atoms with Crippen LogP contribution in [0.2, 0.25) is 0 Å². The van der Waals surface area contributed by atoms with Crippen LogP contribution in [0.5, 0.6) is 0 Å². The average Bonchev–Trinajstić information content (AvgIpc) is 2.62. The summed E-state index contributed by atoms with van der Waals surface area (Å²) in [5, 5.41) is 37.4. The van der Waals surface area contributed by atoms with Crippen molar-refractivity contribution in [2.24, 2.45) is 0 Å². The molecule has 0 fully saturated rings. The summed E-state index contributed by atoms with van der Waals surface area (Å²) in [7, 11) is 0. The average molecular weight is 379 g/mol. The molecule has 0 saturated heterocycles. The van der Waals surface area contributed by atoms with Gasteiger partial charge in [0.05, 0.1) is 0 Å². The quantitative estimate of drug-likeness (QED) is 0.196. The maximum atomic E-state index is 10.4. The predicted octanol–water partition coefficient (Wildman–Crippen LogP) is 4.03. The third kappa shape index (κ3) is 17.2. The lowest BCUT2D eigenvalue weighted by Gasteiger charge is -2.17. The van der Waals surface area contributed by atoms with Gasteiger partial charge in [-0.2, -0.15) is 0 Å². The number of carbonyl (C=O) groups is 1. The standard InChI is InChI=1S/C22H34O5/c1-2-3-4-5-6-7-9-12-15-18-22(26,27)19-16-13-10-8-11-14-17-20(23)21(24)25/h3-4,6-7,11-16,20,23,26-27H,2,5,8-10,17-19H2,1H3,(H,24,25)/b4-3+,7-6+,14-11+,15-12+,16-13+. The molecule has 5 heteroatoms. The minimum Gasteiger partial charge on any atom is -0.479 e. The molecule has 0 amide bonds. The smallest absolute Gasteiger partial charge is 0.332 e. The van der Waals surface area contributed by atoms with Gasteiger partial charge in [0.2, 0.25) is 0 Å². The molecule has 5 nitrogen and oxygen atoms in total. The fraction of sp³-hybridized carbons (Fsp3) is 0.500. The number of hydrogen-bond acceptors (Lipinski definition) is 4. The molecule has 1 unspecified atom stereocenters. The second-order valence-corrected chi connectivity index (χ2v) is 6.29. The van der Waals surface area contributed by atoms with Crippen molar-refractivity contribution in [1.82, 2.24) is 0 Å². The molecule has 152 valence electrons. The first-order valence-electron chi connectivity index (χ1n) is 9.49. The van der Waals surface area contributed by atoms with Gasteiger partial charge in [0.15, 0.2) is 11.9 Å². The van der Waals surface area contributed by atoms with E-state index in [0.29, 0.717) is 12.8 Å². The van der Waals surface area contributed by atoms with Crippen molar-refractivity contribution in [3.05, 3.63) is 60.8 Å². The second kappa shape index (κ2) is 16.2. The maximum absolute atomic E-state index is 10.4. The minimum absolute atomic E-state index is 0.0897. The summed E-state index contributed by atoms with van der Waals surface area (Å²) in [4.78, 5) is 10.4. The fourth-order valence-electron chi connectivity index (χ4n) is 2.09. The van der Waals surface area contributed by atoms with Crippen molar-refractivity contribution in [1.29, 1.82) is 0 Å². The summed E-state index contributed by atoms with van der Waals surface area (Å²) in [6.07, 6.45) is 22.3. The summed E-state index contributed by atoms with van der Waals surface area (Å²) >= 11 is 0. The van der Waals surface area contributed by atoms with Gasteiger partial charge in [0, 0.05) is 19.3 Å². The molecule has 0 aromatic heterocycles. The topological polar surface area (TPSA) is 98.0 Å². The van der Waals surface area contributed by atoms with Gasteiger partial charge in [-0.25, -0.2) is 4.79 Å². The van der Waals surface area contributed by atoms with Crippen LogP contribution in [-0.2, 0) is 4.79 Å². The van der Waals surface area contributed by atoms with Crippen molar-refractivity contribution in [3.63, 3.8) is 0 Å². The van der Waals surface area contributed by atoms with Crippen LogP contribution in [0.3, 0.4) is 0 Å². The fourth-order valence-corrected chi connectivity index (χ4v) is 2.09. The Bertz CT molecular complexity index is 527. The van der Waals surface area contributed by atoms with Crippen molar-refractivity contribution in [3.8, 4) is 0 Å². The van der Waals surface area contributed by atoms with Gasteiger partial charge in [0.1, 0.15) is 0 Å². The molecule has 0 saturated carbocycles. The number of rotatable bonds is 15. The molecule has 0 bridgehead atoms. The van der Waals surface area contributed by atoms with Gasteiger partial charge in [-0.15, -0.1) is 0 Å². The highest BCUT2D eigenvalue weighted by Gasteiger charge is 2.18. The molecule has 27 heavy (non-hydrogen) atoms. The largest absolute Gasteiger partial charge is 0.479 e. The highest BCUT2D eigenvalue weighted by molar-refractivity contribution is 5.72. The first kappa shape index (κ1) is 25.1. The Morgan fingerprint density at radius 3 is 1.85 bits per heavy atom. The summed E-state index contributed by atoms with van der Waals surface area (Å²) < 4.78 is 0. The zero-order valence-corrected chi connectivity index (χ0v) is 16.2. The third-order valence-corrected chi connectivity index (χ3v) is 3.65. The van der Waals surface area contributed by atoms with Gasteiger partial charge in [-0.3, -0.25) is 0 Å². The van der Waals surface area contributed by atoms with Crippen LogP contribution in [0.4, 0.5) is 0 Å². The molecule has 0 aliphatic rings. The Balaban J connectivity index is 3.87. The number of hydrogen-bond donors (Lipinski definition) is 4. The zero-order valence-electron chi connectivity index (χ0n) is 16.2. The Hall–Kier alpha value is -1.95. The Labute approximate surface area is 162 Å². The number of carboxylic acid groups (broad SMARTS) is 1. The van der Waals surface area contributed by atoms with E-state index in [2.05, 4.69) is 31.2 Å². The van der Waals surface area contributed by atoms with E-state index in [1.165, 1.54) is 0 Å². The summed E-state index contributed by atoms with van der Waals surface area (Å²) in [6, 6.07) is 0. The van der Waals surface area contributed by atoms with E-state index in [4.69, 9.17) is 10.2 Å². The lowest BCUT2D eigenvalue weighted by atomic mass is 10.1. The maximum Gasteiger partial charge on any atom is 0.332 e. The van der Waals surface area contributed by atoms with Crippen molar-refractivity contribution in [2.45, 2.75) is 70.2 Å². The summed E-state index contributed by atoms with van der Waals surface area (Å²) in [5.74, 6) is -2.97. The van der Waals surface area contributed by atoms with Crippen molar-refractivity contribution < 1.29 is 25.2 Å². The number of carboxylic acids is 1. The highest BCUT2D eigenvalue weighted by Crippen LogP contribution is 2.13. The molecule has 0 heterocycles. The summed E-state index contributed by atoms with van der Waals surface area (Å²) in [6.45, 7) is 2.10. The summed E-state index contributed by atoms with van der Waals surface area (Å²) in [5.41, 5.74) is 0. The van der Waals surface area contributed by atoms with Gasteiger partial charge < -0.3 is 20.4 Å². The molecule has 0 aromatic rings. The van der Waals surface area contributed by atoms with Crippen LogP contribution in [0.25, 0.3) is 0 Å². The molecule has 0 rings (SSSR count). The second-order valence-electron chi connectivity index (χ2n) is 6.29. The first-order valence-corrected chi connectivity index (χ1v) is 9.49. The lowest BCUT2D eigenvalue weighted by molar-refractivity contribution is -0.154. The zero-order chi connectivity index (χ0) is 20.4. The van der Waals surface area contributed by atoms with Crippen LogP contribution in [0.15, 0.2) is 60.8 Å². The molecule has 4 N–H and O–H groups in total. The highest BCUT2D eigenvalue weighted by atomic mass is 16.5. The lowest BCUT2D eigenvalue weighted by Crippen LogP contribution is -2.25. The SMILES string of the molecule is CC/C=C/C/C=C/C/C=C/CC(O)(O)C/C=C/CC/C=C/CC(O)C(=O)O. The molecule has 1 atom stereocenters. The Morgan fingerprint density at radius 1 is 0.815 bits per heavy atom. The van der Waals surface area contributed by atoms with E-state index >= 15 is 0 Å². The van der Waals surface area contributed by atoms with Gasteiger partial charge in [-0.1, -0.05) is 67.7 Å². The Morgan fingerprint density at radius 2 is 1.30 bits per heavy atom. The monoisotopic (exact) mass is 378 g/mol.